The van der Waals surface area contributed by atoms with Gasteiger partial charge in [0.1, 0.15) is 8.07 Å². The summed E-state index contributed by atoms with van der Waals surface area (Å²) in [6.45, 7) is 4.91. The largest absolute Gasteiger partial charge is 0.237 e. The van der Waals surface area contributed by atoms with Crippen LogP contribution in [0.2, 0.25) is 13.1 Å². The summed E-state index contributed by atoms with van der Waals surface area (Å²) in [5, 5.41) is 7.76. The molecule has 0 bridgehead atoms. The zero-order valence-corrected chi connectivity index (χ0v) is 24.1. The molecule has 2 heterocycles. The molecule has 0 saturated heterocycles. The van der Waals surface area contributed by atoms with Crippen LogP contribution in [0.5, 0.6) is 0 Å². The second kappa shape index (κ2) is 9.08. The van der Waals surface area contributed by atoms with Gasteiger partial charge in [0.05, 0.1) is 5.69 Å². The number of fused-ring (bicyclic) bond motifs is 6. The quantitative estimate of drug-likeness (QED) is 0.210. The SMILES string of the molecule is C[Si]1(C)c2nc(-c3cccc(-c4ccccc4)c3)nc(-c3cccc4ccccc34)c2-c2ccc3ccccc3c21. The third kappa shape index (κ3) is 3.70. The van der Waals surface area contributed by atoms with Gasteiger partial charge < -0.3 is 0 Å². The van der Waals surface area contributed by atoms with Crippen LogP contribution < -0.4 is 10.5 Å². The first-order valence-corrected chi connectivity index (χ1v) is 17.2. The van der Waals surface area contributed by atoms with Crippen molar-refractivity contribution >= 4 is 40.1 Å². The van der Waals surface area contributed by atoms with Gasteiger partial charge in [-0.3, -0.25) is 0 Å². The molecule has 1 aromatic heterocycles. The van der Waals surface area contributed by atoms with Crippen LogP contribution in [0.15, 0.2) is 133 Å². The van der Waals surface area contributed by atoms with Crippen molar-refractivity contribution in [3.63, 3.8) is 0 Å². The summed E-state index contributed by atoms with van der Waals surface area (Å²) in [7, 11) is -2.17. The molecule has 2 nitrogen and oxygen atoms in total. The summed E-state index contributed by atoms with van der Waals surface area (Å²) in [6, 6.07) is 47.8. The van der Waals surface area contributed by atoms with E-state index in [-0.39, 0.29) is 0 Å². The topological polar surface area (TPSA) is 25.8 Å². The maximum atomic E-state index is 5.45. The highest BCUT2D eigenvalue weighted by Gasteiger charge is 2.43. The van der Waals surface area contributed by atoms with E-state index < -0.39 is 8.07 Å². The van der Waals surface area contributed by atoms with E-state index in [0.717, 1.165) is 22.6 Å². The second-order valence-corrected chi connectivity index (χ2v) is 15.7. The highest BCUT2D eigenvalue weighted by molar-refractivity contribution is 7.04. The maximum absolute atomic E-state index is 5.45. The van der Waals surface area contributed by atoms with E-state index in [9.17, 15) is 0 Å². The van der Waals surface area contributed by atoms with Crippen molar-refractivity contribution < 1.29 is 0 Å². The maximum Gasteiger partial charge on any atom is 0.159 e. The van der Waals surface area contributed by atoms with Gasteiger partial charge in [-0.1, -0.05) is 140 Å². The fourth-order valence-electron chi connectivity index (χ4n) is 6.66. The normalized spacial score (nSPS) is 13.3. The van der Waals surface area contributed by atoms with E-state index in [1.807, 2.05) is 0 Å². The average molecular weight is 541 g/mol. The van der Waals surface area contributed by atoms with Gasteiger partial charge in [0.2, 0.25) is 0 Å². The molecule has 0 amide bonds. The Labute approximate surface area is 241 Å². The first kappa shape index (κ1) is 24.0. The predicted molar refractivity (Wildman–Crippen MR) is 176 cm³/mol. The molecule has 6 aromatic carbocycles. The van der Waals surface area contributed by atoms with Gasteiger partial charge in [0.15, 0.2) is 5.82 Å². The van der Waals surface area contributed by atoms with Gasteiger partial charge in [-0.25, -0.2) is 9.97 Å². The Kier molecular flexibility index (Phi) is 5.31. The highest BCUT2D eigenvalue weighted by atomic mass is 28.3. The summed E-state index contributed by atoms with van der Waals surface area (Å²) in [5.74, 6) is 0.794. The monoisotopic (exact) mass is 540 g/mol. The van der Waals surface area contributed by atoms with E-state index in [0.29, 0.717) is 0 Å². The summed E-state index contributed by atoms with van der Waals surface area (Å²) in [6.07, 6.45) is 0. The molecule has 0 fully saturated rings. The third-order valence-corrected chi connectivity index (χ3v) is 11.9. The lowest BCUT2D eigenvalue weighted by Crippen LogP contribution is -2.51. The molecule has 1 aliphatic heterocycles. The Morgan fingerprint density at radius 1 is 0.488 bits per heavy atom. The van der Waals surface area contributed by atoms with Gasteiger partial charge in [-0.15, -0.1) is 0 Å². The molecule has 3 heteroatoms. The molecule has 0 aliphatic carbocycles. The van der Waals surface area contributed by atoms with Crippen LogP contribution in [-0.2, 0) is 0 Å². The molecule has 7 aromatic rings. The molecule has 194 valence electrons. The highest BCUT2D eigenvalue weighted by Crippen LogP contribution is 2.40. The smallest absolute Gasteiger partial charge is 0.159 e. The summed E-state index contributed by atoms with van der Waals surface area (Å²) in [5.41, 5.74) is 8.10. The molecule has 0 N–H and O–H groups in total. The Balaban J connectivity index is 1.45. The zero-order chi connectivity index (χ0) is 27.6. The first-order chi connectivity index (χ1) is 20.1. The minimum atomic E-state index is -2.17. The minimum Gasteiger partial charge on any atom is -0.237 e. The molecule has 0 saturated carbocycles. The van der Waals surface area contributed by atoms with Crippen molar-refractivity contribution in [2.75, 3.05) is 0 Å². The average Bonchev–Trinajstić information content (AvgIpc) is 3.27. The van der Waals surface area contributed by atoms with E-state index in [1.54, 1.807) is 0 Å². The Hall–Kier alpha value is -4.86. The van der Waals surface area contributed by atoms with E-state index in [1.165, 1.54) is 54.3 Å². The predicted octanol–water partition coefficient (Wildman–Crippen LogP) is 8.59. The molecule has 0 atom stereocenters. The fraction of sp³-hybridized carbons (Fsp3) is 0.0526. The van der Waals surface area contributed by atoms with Crippen LogP contribution in [0.25, 0.3) is 66.4 Å². The molecule has 0 spiro atoms. The van der Waals surface area contributed by atoms with Crippen molar-refractivity contribution in [1.82, 2.24) is 9.97 Å². The number of nitrogens with zero attached hydrogens (tertiary/aromatic N) is 2. The molecule has 8 rings (SSSR count). The van der Waals surface area contributed by atoms with Crippen LogP contribution in [0, 0.1) is 0 Å². The molecule has 1 aliphatic rings. The van der Waals surface area contributed by atoms with E-state index in [4.69, 9.17) is 9.97 Å². The van der Waals surface area contributed by atoms with Gasteiger partial charge in [-0.2, -0.15) is 0 Å². The molecule has 0 unspecified atom stereocenters. The van der Waals surface area contributed by atoms with Crippen molar-refractivity contribution in [2.24, 2.45) is 0 Å². The third-order valence-electron chi connectivity index (χ3n) is 8.60. The first-order valence-electron chi connectivity index (χ1n) is 14.2. The number of rotatable bonds is 3. The Morgan fingerprint density at radius 2 is 1.12 bits per heavy atom. The van der Waals surface area contributed by atoms with Crippen molar-refractivity contribution in [2.45, 2.75) is 13.1 Å². The molecule has 0 radical (unpaired) electrons. The lowest BCUT2D eigenvalue weighted by atomic mass is 9.95. The fourth-order valence-corrected chi connectivity index (χ4v) is 9.95. The van der Waals surface area contributed by atoms with Crippen LogP contribution >= 0.6 is 0 Å². The van der Waals surface area contributed by atoms with Crippen LogP contribution in [0.3, 0.4) is 0 Å². The van der Waals surface area contributed by atoms with E-state index >= 15 is 0 Å². The molecular weight excluding hydrogens is 513 g/mol. The van der Waals surface area contributed by atoms with Crippen LogP contribution in [-0.4, -0.2) is 18.0 Å². The van der Waals surface area contributed by atoms with Gasteiger partial charge >= 0.3 is 0 Å². The van der Waals surface area contributed by atoms with Crippen molar-refractivity contribution in [3.8, 4) is 44.9 Å². The van der Waals surface area contributed by atoms with Crippen LogP contribution in [0.1, 0.15) is 0 Å². The van der Waals surface area contributed by atoms with Gasteiger partial charge in [-0.05, 0) is 49.5 Å². The van der Waals surface area contributed by atoms with Crippen molar-refractivity contribution in [1.29, 1.82) is 0 Å². The zero-order valence-electron chi connectivity index (χ0n) is 23.1. The van der Waals surface area contributed by atoms with Gasteiger partial charge in [0, 0.05) is 22.0 Å². The van der Waals surface area contributed by atoms with Gasteiger partial charge in [0.25, 0.3) is 0 Å². The summed E-state index contributed by atoms with van der Waals surface area (Å²) in [4.78, 5) is 10.9. The molecular formula is C38H28N2Si. The number of aromatic nitrogens is 2. The van der Waals surface area contributed by atoms with Crippen LogP contribution in [0.4, 0.5) is 0 Å². The number of hydrogen-bond donors (Lipinski definition) is 0. The number of benzene rings is 6. The lowest BCUT2D eigenvalue weighted by Gasteiger charge is -2.20. The standard InChI is InChI=1S/C38H28N2Si/c1-41(2)36-31-20-9-7-15-27(31)22-23-33(36)34-35(32-21-11-16-26-14-6-8-19-30(26)32)39-37(40-38(34)41)29-18-10-17-28(24-29)25-12-4-3-5-13-25/h3-24H,1-2H3. The lowest BCUT2D eigenvalue weighted by molar-refractivity contribution is 1.21. The minimum absolute atomic E-state index is 0.794. The van der Waals surface area contributed by atoms with E-state index in [2.05, 4.69) is 147 Å². The Morgan fingerprint density at radius 3 is 1.95 bits per heavy atom. The summed E-state index contributed by atoms with van der Waals surface area (Å²) >= 11 is 0. The molecule has 41 heavy (non-hydrogen) atoms. The van der Waals surface area contributed by atoms with Crippen molar-refractivity contribution in [3.05, 3.63) is 133 Å². The second-order valence-electron chi connectivity index (χ2n) is 11.4. The number of hydrogen-bond acceptors (Lipinski definition) is 2. The summed E-state index contributed by atoms with van der Waals surface area (Å²) < 4.78 is 0. The Bertz CT molecular complexity index is 2120.